The summed E-state index contributed by atoms with van der Waals surface area (Å²) < 4.78 is 16.7. The van der Waals surface area contributed by atoms with Crippen LogP contribution in [0.2, 0.25) is 0 Å². The molecule has 0 saturated carbocycles. The van der Waals surface area contributed by atoms with Gasteiger partial charge in [-0.3, -0.25) is 19.4 Å². The number of pyridine rings is 1. The molecule has 1 N–H and O–H groups in total. The second kappa shape index (κ2) is 6.61. The van der Waals surface area contributed by atoms with E-state index in [1.54, 1.807) is 48.5 Å². The van der Waals surface area contributed by atoms with E-state index in [9.17, 15) is 14.4 Å². The first-order chi connectivity index (χ1) is 15.6. The number of rotatable bonds is 2. The number of hydrogen-bond acceptors (Lipinski definition) is 8. The maximum atomic E-state index is 12.9. The van der Waals surface area contributed by atoms with E-state index in [-0.39, 0.29) is 44.9 Å². The van der Waals surface area contributed by atoms with Gasteiger partial charge in [-0.25, -0.2) is 0 Å². The molecule has 0 fully saturated rings. The number of benzene rings is 2. The van der Waals surface area contributed by atoms with Crippen molar-refractivity contribution in [3.63, 3.8) is 0 Å². The lowest BCUT2D eigenvalue weighted by molar-refractivity contribution is 0.569. The lowest BCUT2D eigenvalue weighted by atomic mass is 10.1. The molecular formula is C23H11N3O6. The van der Waals surface area contributed by atoms with Gasteiger partial charge in [0.1, 0.15) is 28.6 Å². The van der Waals surface area contributed by atoms with Gasteiger partial charge in [-0.15, -0.1) is 10.2 Å². The Hall–Kier alpha value is -4.79. The van der Waals surface area contributed by atoms with Crippen molar-refractivity contribution in [3.05, 3.63) is 91.7 Å². The molecule has 4 aromatic heterocycles. The van der Waals surface area contributed by atoms with E-state index in [1.165, 1.54) is 12.3 Å². The van der Waals surface area contributed by atoms with Crippen LogP contribution < -0.4 is 16.4 Å². The molecule has 0 radical (unpaired) electrons. The van der Waals surface area contributed by atoms with Crippen LogP contribution in [0.15, 0.2) is 88.5 Å². The Bertz CT molecular complexity index is 1860. The number of aromatic nitrogens is 3. The third kappa shape index (κ3) is 2.61. The Morgan fingerprint density at radius 3 is 2.12 bits per heavy atom. The van der Waals surface area contributed by atoms with Crippen molar-refractivity contribution in [1.82, 2.24) is 15.2 Å². The highest BCUT2D eigenvalue weighted by Gasteiger charge is 2.19. The lowest BCUT2D eigenvalue weighted by Crippen LogP contribution is -2.13. The van der Waals surface area contributed by atoms with Crippen LogP contribution in [-0.4, -0.2) is 15.2 Å². The van der Waals surface area contributed by atoms with Gasteiger partial charge in [0.15, 0.2) is 0 Å². The van der Waals surface area contributed by atoms with Gasteiger partial charge < -0.3 is 13.3 Å². The van der Waals surface area contributed by atoms with E-state index in [4.69, 9.17) is 13.3 Å². The zero-order valence-corrected chi connectivity index (χ0v) is 16.1. The fourth-order valence-electron chi connectivity index (χ4n) is 3.59. The highest BCUT2D eigenvalue weighted by atomic mass is 16.4. The molecule has 0 aliphatic rings. The summed E-state index contributed by atoms with van der Waals surface area (Å²) in [6.45, 7) is 0. The Labute approximate surface area is 176 Å². The van der Waals surface area contributed by atoms with Gasteiger partial charge in [-0.05, 0) is 30.3 Å². The smallest absolute Gasteiger partial charge is 0.263 e. The molecular weight excluding hydrogens is 414 g/mol. The zero-order chi connectivity index (χ0) is 21.8. The van der Waals surface area contributed by atoms with E-state index in [0.29, 0.717) is 21.9 Å². The van der Waals surface area contributed by atoms with Crippen molar-refractivity contribution in [3.8, 4) is 22.9 Å². The molecule has 32 heavy (non-hydrogen) atoms. The molecule has 0 atom stereocenters. The molecule has 6 rings (SSSR count). The van der Waals surface area contributed by atoms with Gasteiger partial charge >= 0.3 is 0 Å². The predicted molar refractivity (Wildman–Crippen MR) is 115 cm³/mol. The average molecular weight is 425 g/mol. The highest BCUT2D eigenvalue weighted by Crippen LogP contribution is 2.24. The molecule has 0 spiro atoms. The van der Waals surface area contributed by atoms with Crippen molar-refractivity contribution < 1.29 is 13.3 Å². The van der Waals surface area contributed by atoms with Crippen LogP contribution in [0.3, 0.4) is 0 Å². The van der Waals surface area contributed by atoms with Gasteiger partial charge in [0, 0.05) is 0 Å². The predicted octanol–water partition coefficient (Wildman–Crippen LogP) is 3.46. The molecule has 4 heterocycles. The Morgan fingerprint density at radius 2 is 1.34 bits per heavy atom. The van der Waals surface area contributed by atoms with Crippen LogP contribution in [0.5, 0.6) is 0 Å². The fourth-order valence-corrected chi connectivity index (χ4v) is 3.59. The molecule has 6 aromatic rings. The lowest BCUT2D eigenvalue weighted by Gasteiger charge is -2.02. The Balaban J connectivity index is 1.53. The summed E-state index contributed by atoms with van der Waals surface area (Å²) in [4.78, 5) is 40.8. The summed E-state index contributed by atoms with van der Waals surface area (Å²) in [5.41, 5.74) is -0.388. The minimum Gasteiger partial charge on any atom is -0.463 e. The van der Waals surface area contributed by atoms with E-state index in [0.717, 1.165) is 0 Å². The molecule has 0 unspecified atom stereocenters. The minimum absolute atomic E-state index is 0.0241. The van der Waals surface area contributed by atoms with Crippen LogP contribution in [-0.2, 0) is 0 Å². The van der Waals surface area contributed by atoms with Crippen molar-refractivity contribution in [2.75, 3.05) is 0 Å². The van der Waals surface area contributed by atoms with Crippen molar-refractivity contribution in [1.29, 1.82) is 0 Å². The first-order valence-corrected chi connectivity index (χ1v) is 9.54. The maximum Gasteiger partial charge on any atom is 0.263 e. The number of nitrogens with zero attached hydrogens (tertiary/aromatic N) is 2. The van der Waals surface area contributed by atoms with Crippen LogP contribution in [0.4, 0.5) is 0 Å². The monoisotopic (exact) mass is 425 g/mol. The van der Waals surface area contributed by atoms with E-state index in [1.807, 2.05) is 0 Å². The van der Waals surface area contributed by atoms with Gasteiger partial charge in [0.25, 0.3) is 17.3 Å². The Kier molecular flexibility index (Phi) is 3.72. The minimum atomic E-state index is -0.586. The summed E-state index contributed by atoms with van der Waals surface area (Å²) >= 11 is 0. The summed E-state index contributed by atoms with van der Waals surface area (Å²) in [6, 6.07) is 14.8. The Morgan fingerprint density at radius 1 is 0.688 bits per heavy atom. The highest BCUT2D eigenvalue weighted by molar-refractivity contribution is 5.89. The van der Waals surface area contributed by atoms with Crippen LogP contribution >= 0.6 is 0 Å². The first kappa shape index (κ1) is 18.0. The summed E-state index contributed by atoms with van der Waals surface area (Å²) in [7, 11) is 0. The second-order valence-corrected chi connectivity index (χ2v) is 7.07. The molecule has 2 aromatic carbocycles. The molecule has 0 saturated heterocycles. The van der Waals surface area contributed by atoms with Gasteiger partial charge in [-0.1, -0.05) is 24.3 Å². The summed E-state index contributed by atoms with van der Waals surface area (Å²) in [6.07, 6.45) is 1.23. The second-order valence-electron chi connectivity index (χ2n) is 7.07. The van der Waals surface area contributed by atoms with Crippen LogP contribution in [0, 0.1) is 0 Å². The molecule has 9 nitrogen and oxygen atoms in total. The number of hydrogen-bond donors (Lipinski definition) is 1. The fraction of sp³-hybridized carbons (Fsp3) is 0. The SMILES string of the molecule is O=c1[nH]c2oc3ccccc3c(=O)c2cc1-c1nnc(-c2coc3ccccc3c2=O)o1. The maximum absolute atomic E-state index is 12.9. The van der Waals surface area contributed by atoms with Gasteiger partial charge in [0.2, 0.25) is 16.6 Å². The third-order valence-electron chi connectivity index (χ3n) is 5.16. The number of para-hydroxylation sites is 2. The normalized spacial score (nSPS) is 11.5. The van der Waals surface area contributed by atoms with Gasteiger partial charge in [0.05, 0.1) is 16.2 Å². The average Bonchev–Trinajstić information content (AvgIpc) is 3.29. The molecule has 0 aliphatic carbocycles. The molecule has 0 bridgehead atoms. The first-order valence-electron chi connectivity index (χ1n) is 9.54. The number of aromatic amines is 1. The molecule has 9 heteroatoms. The standard InChI is InChI=1S/C23H11N3O6/c27-18-12-6-2-4-8-17(12)31-21-13(18)9-14(20(29)24-21)22-25-26-23(32-22)15-10-30-16-7-3-1-5-11(16)19(15)28/h1-10H,(H,24,29). The summed E-state index contributed by atoms with van der Waals surface area (Å²) in [5.74, 6) is -0.257. The zero-order valence-electron chi connectivity index (χ0n) is 16.1. The third-order valence-corrected chi connectivity index (χ3v) is 5.16. The quantitative estimate of drug-likeness (QED) is 0.417. The van der Waals surface area contributed by atoms with Crippen LogP contribution in [0.25, 0.3) is 55.9 Å². The van der Waals surface area contributed by atoms with E-state index >= 15 is 0 Å². The van der Waals surface area contributed by atoms with E-state index in [2.05, 4.69) is 15.2 Å². The largest absolute Gasteiger partial charge is 0.463 e. The summed E-state index contributed by atoms with van der Waals surface area (Å²) in [5, 5.41) is 8.67. The topological polar surface area (TPSA) is 132 Å². The molecule has 0 amide bonds. The van der Waals surface area contributed by atoms with E-state index < -0.39 is 5.56 Å². The number of nitrogens with one attached hydrogen (secondary N) is 1. The molecule has 0 aliphatic heterocycles. The number of fused-ring (bicyclic) bond motifs is 3. The van der Waals surface area contributed by atoms with Crippen LogP contribution in [0.1, 0.15) is 0 Å². The molecule has 154 valence electrons. The van der Waals surface area contributed by atoms with Crippen molar-refractivity contribution in [2.24, 2.45) is 0 Å². The van der Waals surface area contributed by atoms with Gasteiger partial charge in [-0.2, -0.15) is 0 Å². The number of H-pyrrole nitrogens is 1. The van der Waals surface area contributed by atoms with Crippen molar-refractivity contribution in [2.45, 2.75) is 0 Å². The van der Waals surface area contributed by atoms with Crippen molar-refractivity contribution >= 4 is 33.0 Å².